The Morgan fingerprint density at radius 3 is 2.03 bits per heavy atom. The topological polar surface area (TPSA) is 199 Å². The van der Waals surface area contributed by atoms with Crippen molar-refractivity contribution in [2.45, 2.75) is 58.6 Å². The average Bonchev–Trinajstić information content (AvgIpc) is 3.26. The van der Waals surface area contributed by atoms with Crippen LogP contribution in [0.4, 0.5) is 10.6 Å². The van der Waals surface area contributed by atoms with Crippen LogP contribution in [0.2, 0.25) is 0 Å². The van der Waals surface area contributed by atoms with Gasteiger partial charge in [0.25, 0.3) is 0 Å². The number of aromatic nitrogens is 1. The number of anilines is 1. The molecule has 1 heterocycles. The molecule has 0 aliphatic heterocycles. The second-order valence-electron chi connectivity index (χ2n) is 15.5. The molecule has 4 N–H and O–H groups in total. The molecule has 3 aromatic carbocycles. The van der Waals surface area contributed by atoms with Crippen LogP contribution in [0.1, 0.15) is 57.2 Å². The largest absolute Gasteiger partial charge is 0.491 e. The standard InChI is InChI=1S/C47H63N5O11/c1-34-18-20-49-42(31-34)52(46(56)63-47(2,3)4)21-8-11-43(53)50-33-44(54)51-40(32-45(55)57-5)36-14-12-35(13-15-36)37-16-17-41(39-10-7-6-9-38(37)39)62-30-29-61-28-27-60-26-25-59-24-23-58-22-19-48/h6-7,9-10,12-18,20,31,40H,8,11,19,21-30,32-33,48H2,1-5H3,(H,50,53)(H,51,54). The highest BCUT2D eigenvalue weighted by Crippen LogP contribution is 2.35. The van der Waals surface area contributed by atoms with Crippen molar-refractivity contribution in [3.8, 4) is 16.9 Å². The normalized spacial score (nSPS) is 11.8. The van der Waals surface area contributed by atoms with E-state index in [2.05, 4.69) is 15.6 Å². The van der Waals surface area contributed by atoms with Crippen LogP contribution in [0.5, 0.6) is 5.75 Å². The zero-order chi connectivity index (χ0) is 45.5. The first-order chi connectivity index (χ1) is 30.4. The molecule has 0 fully saturated rings. The number of ether oxygens (including phenoxy) is 7. The minimum atomic E-state index is -0.720. The van der Waals surface area contributed by atoms with Crippen molar-refractivity contribution in [2.75, 3.05) is 91.1 Å². The molecule has 1 aromatic heterocycles. The predicted octanol–water partition coefficient (Wildman–Crippen LogP) is 5.67. The molecule has 16 heteroatoms. The van der Waals surface area contributed by atoms with Crippen molar-refractivity contribution >= 4 is 40.5 Å². The van der Waals surface area contributed by atoms with Crippen molar-refractivity contribution in [1.29, 1.82) is 0 Å². The summed E-state index contributed by atoms with van der Waals surface area (Å²) in [5, 5.41) is 7.43. The zero-order valence-corrected chi connectivity index (χ0v) is 37.2. The number of nitrogens with two attached hydrogens (primary N) is 1. The quantitative estimate of drug-likeness (QED) is 0.0490. The minimum absolute atomic E-state index is 0.0447. The number of pyridine rings is 1. The Hall–Kier alpha value is -5.65. The lowest BCUT2D eigenvalue weighted by atomic mass is 9.95. The van der Waals surface area contributed by atoms with Gasteiger partial charge in [-0.05, 0) is 80.0 Å². The Balaban J connectivity index is 1.27. The van der Waals surface area contributed by atoms with Crippen molar-refractivity contribution in [3.05, 3.63) is 90.1 Å². The van der Waals surface area contributed by atoms with E-state index in [1.54, 1.807) is 33.0 Å². The van der Waals surface area contributed by atoms with E-state index < -0.39 is 29.6 Å². The Morgan fingerprint density at radius 1 is 0.778 bits per heavy atom. The summed E-state index contributed by atoms with van der Waals surface area (Å²) < 4.78 is 38.5. The van der Waals surface area contributed by atoms with Gasteiger partial charge in [-0.25, -0.2) is 9.78 Å². The molecule has 0 saturated carbocycles. The molecule has 1 unspecified atom stereocenters. The number of esters is 1. The zero-order valence-electron chi connectivity index (χ0n) is 37.2. The van der Waals surface area contributed by atoms with Crippen molar-refractivity contribution < 1.29 is 52.3 Å². The number of hydrogen-bond donors (Lipinski definition) is 3. The van der Waals surface area contributed by atoms with Crippen LogP contribution in [0.25, 0.3) is 21.9 Å². The summed E-state index contributed by atoms with van der Waals surface area (Å²) >= 11 is 0. The molecule has 0 radical (unpaired) electrons. The summed E-state index contributed by atoms with van der Waals surface area (Å²) in [6.07, 6.45) is 1.26. The molecule has 63 heavy (non-hydrogen) atoms. The predicted molar refractivity (Wildman–Crippen MR) is 240 cm³/mol. The van der Waals surface area contributed by atoms with E-state index in [0.29, 0.717) is 83.8 Å². The van der Waals surface area contributed by atoms with Crippen molar-refractivity contribution in [3.63, 3.8) is 0 Å². The van der Waals surface area contributed by atoms with Gasteiger partial charge in [0.1, 0.15) is 23.8 Å². The average molecular weight is 874 g/mol. The number of fused-ring (bicyclic) bond motifs is 1. The Kier molecular flexibility index (Phi) is 21.2. The molecule has 3 amide bonds. The molecule has 1 atom stereocenters. The fourth-order valence-corrected chi connectivity index (χ4v) is 6.30. The Labute approximate surface area is 370 Å². The summed E-state index contributed by atoms with van der Waals surface area (Å²) in [7, 11) is 1.29. The number of aryl methyl sites for hydroxylation is 1. The van der Waals surface area contributed by atoms with Crippen LogP contribution < -0.4 is 26.0 Å². The molecule has 0 spiro atoms. The monoisotopic (exact) mass is 873 g/mol. The molecule has 4 aromatic rings. The molecule has 4 rings (SSSR count). The summed E-state index contributed by atoms with van der Waals surface area (Å²) in [6, 6.07) is 22.3. The molecular weight excluding hydrogens is 811 g/mol. The van der Waals surface area contributed by atoms with Crippen LogP contribution in [0.15, 0.2) is 79.0 Å². The number of methoxy groups -OCH3 is 1. The van der Waals surface area contributed by atoms with Crippen LogP contribution in [0.3, 0.4) is 0 Å². The van der Waals surface area contributed by atoms with Gasteiger partial charge in [-0.15, -0.1) is 0 Å². The van der Waals surface area contributed by atoms with E-state index in [0.717, 1.165) is 33.2 Å². The number of amides is 3. The first-order valence-corrected chi connectivity index (χ1v) is 21.2. The second kappa shape index (κ2) is 26.7. The van der Waals surface area contributed by atoms with Gasteiger partial charge in [-0.3, -0.25) is 19.3 Å². The molecule has 0 aliphatic carbocycles. The number of rotatable bonds is 27. The third kappa shape index (κ3) is 17.9. The number of benzene rings is 3. The molecule has 0 bridgehead atoms. The first-order valence-electron chi connectivity index (χ1n) is 21.2. The number of carbonyl (C=O) groups excluding carboxylic acids is 4. The molecular formula is C47H63N5O11. The summed E-state index contributed by atoms with van der Waals surface area (Å²) in [5.41, 5.74) is 8.17. The molecule has 0 aliphatic rings. The third-order valence-electron chi connectivity index (χ3n) is 9.33. The lowest BCUT2D eigenvalue weighted by molar-refractivity contribution is -0.141. The van der Waals surface area contributed by atoms with E-state index in [4.69, 9.17) is 38.9 Å². The maximum atomic E-state index is 13.1. The fourth-order valence-electron chi connectivity index (χ4n) is 6.30. The molecule has 0 saturated heterocycles. The molecule has 342 valence electrons. The highest BCUT2D eigenvalue weighted by Gasteiger charge is 2.25. The maximum absolute atomic E-state index is 13.1. The van der Waals surface area contributed by atoms with Crippen LogP contribution in [-0.4, -0.2) is 121 Å². The van der Waals surface area contributed by atoms with Crippen LogP contribution in [-0.2, 0) is 42.8 Å². The van der Waals surface area contributed by atoms with Gasteiger partial charge in [-0.2, -0.15) is 0 Å². The summed E-state index contributed by atoms with van der Waals surface area (Å²) in [6.45, 7) is 11.7. The number of nitrogens with one attached hydrogen (secondary N) is 2. The number of carbonyl (C=O) groups is 4. The van der Waals surface area contributed by atoms with Gasteiger partial charge >= 0.3 is 12.1 Å². The van der Waals surface area contributed by atoms with Gasteiger partial charge < -0.3 is 49.5 Å². The van der Waals surface area contributed by atoms with Crippen LogP contribution in [0, 0.1) is 6.92 Å². The van der Waals surface area contributed by atoms with Crippen molar-refractivity contribution in [1.82, 2.24) is 15.6 Å². The van der Waals surface area contributed by atoms with E-state index in [9.17, 15) is 19.2 Å². The number of nitrogens with zero attached hydrogens (tertiary/aromatic N) is 2. The third-order valence-corrected chi connectivity index (χ3v) is 9.33. The summed E-state index contributed by atoms with van der Waals surface area (Å²) in [4.78, 5) is 57.1. The van der Waals surface area contributed by atoms with E-state index in [1.807, 2.05) is 73.7 Å². The van der Waals surface area contributed by atoms with Gasteiger partial charge in [0, 0.05) is 31.1 Å². The molecule has 16 nitrogen and oxygen atoms in total. The number of hydrogen-bond acceptors (Lipinski definition) is 13. The Morgan fingerprint density at radius 2 is 1.41 bits per heavy atom. The van der Waals surface area contributed by atoms with Gasteiger partial charge in [0.15, 0.2) is 0 Å². The smallest absolute Gasteiger partial charge is 0.416 e. The second-order valence-corrected chi connectivity index (χ2v) is 15.5. The highest BCUT2D eigenvalue weighted by atomic mass is 16.6. The van der Waals surface area contributed by atoms with Crippen molar-refractivity contribution in [2.24, 2.45) is 5.73 Å². The Bertz CT molecular complexity index is 2040. The summed E-state index contributed by atoms with van der Waals surface area (Å²) in [5.74, 6) is -0.218. The maximum Gasteiger partial charge on any atom is 0.416 e. The van der Waals surface area contributed by atoms with Crippen LogP contribution >= 0.6 is 0 Å². The lowest BCUT2D eigenvalue weighted by Crippen LogP contribution is -2.40. The van der Waals surface area contributed by atoms with Gasteiger partial charge in [0.2, 0.25) is 11.8 Å². The minimum Gasteiger partial charge on any atom is -0.491 e. The van der Waals surface area contributed by atoms with Gasteiger partial charge in [-0.1, -0.05) is 54.6 Å². The lowest BCUT2D eigenvalue weighted by Gasteiger charge is -2.27. The fraction of sp³-hybridized carbons (Fsp3) is 0.468. The first kappa shape index (κ1) is 50.0. The van der Waals surface area contributed by atoms with E-state index >= 15 is 0 Å². The highest BCUT2D eigenvalue weighted by molar-refractivity contribution is 6.00. The van der Waals surface area contributed by atoms with E-state index in [-0.39, 0.29) is 31.8 Å². The van der Waals surface area contributed by atoms with Gasteiger partial charge in [0.05, 0.1) is 79.0 Å². The SMILES string of the molecule is COC(=O)CC(NC(=O)CNC(=O)CCCN(C(=O)OC(C)(C)C)c1cc(C)ccn1)c1ccc(-c2ccc(OCCOCCOCCOCCOCCN)c3ccccc23)cc1. The van der Waals surface area contributed by atoms with E-state index in [1.165, 1.54) is 12.0 Å².